The van der Waals surface area contributed by atoms with E-state index in [1.54, 1.807) is 0 Å². The molecule has 0 aliphatic rings. The van der Waals surface area contributed by atoms with E-state index < -0.39 is 0 Å². The Balaban J connectivity index is 1.04. The highest BCUT2D eigenvalue weighted by Crippen LogP contribution is 2.43. The van der Waals surface area contributed by atoms with Crippen LogP contribution in [0.1, 0.15) is 0 Å². The van der Waals surface area contributed by atoms with Crippen LogP contribution in [0.5, 0.6) is 0 Å². The Labute approximate surface area is 362 Å². The number of rotatable bonds is 9. The molecule has 0 aliphatic heterocycles. The molecule has 0 atom stereocenters. The van der Waals surface area contributed by atoms with E-state index in [0.29, 0.717) is 0 Å². The van der Waals surface area contributed by atoms with Crippen molar-refractivity contribution in [3.8, 4) is 61.3 Å². The topological polar surface area (TPSA) is 8.17 Å². The maximum absolute atomic E-state index is 2.44. The fourth-order valence-corrected chi connectivity index (χ4v) is 9.14. The lowest BCUT2D eigenvalue weighted by Gasteiger charge is -2.27. The molecule has 1 aromatic heterocycles. The standard InChI is InChI=1S/C60H42N2/c1-4-18-43(19-5-1)48-24-16-25-51(42-48)61(49-38-34-45(35-39-49)53-27-11-10-26-52(53)44-20-6-2-7-21-44)50-40-36-46(37-41-50)54-30-17-33-59(60(54)47-22-8-3-9-23-47)62-57-31-14-12-28-55(57)56-29-13-15-32-58(56)62/h1-42H. The first kappa shape index (κ1) is 36.8. The third kappa shape index (κ3) is 6.74. The maximum Gasteiger partial charge on any atom is 0.0546 e. The van der Waals surface area contributed by atoms with Gasteiger partial charge in [-0.15, -0.1) is 0 Å². The Kier molecular flexibility index (Phi) is 9.57. The molecule has 0 saturated carbocycles. The second-order valence-electron chi connectivity index (χ2n) is 15.7. The van der Waals surface area contributed by atoms with Crippen molar-refractivity contribution in [2.45, 2.75) is 0 Å². The predicted molar refractivity (Wildman–Crippen MR) is 263 cm³/mol. The van der Waals surface area contributed by atoms with E-state index in [1.165, 1.54) is 71.9 Å². The quantitative estimate of drug-likeness (QED) is 0.141. The van der Waals surface area contributed by atoms with Crippen LogP contribution in [0.15, 0.2) is 255 Å². The summed E-state index contributed by atoms with van der Waals surface area (Å²) < 4.78 is 2.44. The Hall–Kier alpha value is -8.20. The van der Waals surface area contributed by atoms with Crippen LogP contribution in [0.2, 0.25) is 0 Å². The van der Waals surface area contributed by atoms with Gasteiger partial charge in [0.05, 0.1) is 16.7 Å². The van der Waals surface area contributed by atoms with Crippen LogP contribution in [-0.4, -0.2) is 4.57 Å². The van der Waals surface area contributed by atoms with Crippen molar-refractivity contribution in [3.05, 3.63) is 255 Å². The van der Waals surface area contributed by atoms with Crippen LogP contribution in [0, 0.1) is 0 Å². The van der Waals surface area contributed by atoms with E-state index in [0.717, 1.165) is 28.3 Å². The van der Waals surface area contributed by atoms with Gasteiger partial charge in [-0.2, -0.15) is 0 Å². The minimum absolute atomic E-state index is 1.08. The number of hydrogen-bond donors (Lipinski definition) is 0. The van der Waals surface area contributed by atoms with Gasteiger partial charge in [0, 0.05) is 33.4 Å². The molecule has 0 aliphatic carbocycles. The normalized spacial score (nSPS) is 11.2. The van der Waals surface area contributed by atoms with E-state index in [4.69, 9.17) is 0 Å². The molecule has 0 spiro atoms. The van der Waals surface area contributed by atoms with Crippen LogP contribution >= 0.6 is 0 Å². The lowest BCUT2D eigenvalue weighted by Crippen LogP contribution is -2.10. The van der Waals surface area contributed by atoms with E-state index in [2.05, 4.69) is 264 Å². The van der Waals surface area contributed by atoms with Gasteiger partial charge in [-0.3, -0.25) is 0 Å². The maximum atomic E-state index is 2.44. The van der Waals surface area contributed by atoms with Gasteiger partial charge in [0.2, 0.25) is 0 Å². The summed E-state index contributed by atoms with van der Waals surface area (Å²) in [5.74, 6) is 0. The van der Waals surface area contributed by atoms with Gasteiger partial charge in [0.1, 0.15) is 0 Å². The summed E-state index contributed by atoms with van der Waals surface area (Å²) >= 11 is 0. The summed E-state index contributed by atoms with van der Waals surface area (Å²) in [6.45, 7) is 0. The van der Waals surface area contributed by atoms with Crippen LogP contribution in [0.25, 0.3) is 83.1 Å². The predicted octanol–water partition coefficient (Wildman–Crippen LogP) is 16.6. The third-order valence-corrected chi connectivity index (χ3v) is 12.0. The van der Waals surface area contributed by atoms with Crippen LogP contribution in [-0.2, 0) is 0 Å². The van der Waals surface area contributed by atoms with Gasteiger partial charge >= 0.3 is 0 Å². The van der Waals surface area contributed by atoms with E-state index >= 15 is 0 Å². The zero-order valence-electron chi connectivity index (χ0n) is 34.1. The molecule has 10 aromatic carbocycles. The molecule has 2 nitrogen and oxygen atoms in total. The largest absolute Gasteiger partial charge is 0.310 e. The molecule has 2 heteroatoms. The molecule has 62 heavy (non-hydrogen) atoms. The number of fused-ring (bicyclic) bond motifs is 3. The van der Waals surface area contributed by atoms with Crippen molar-refractivity contribution in [3.63, 3.8) is 0 Å². The first-order valence-corrected chi connectivity index (χ1v) is 21.3. The molecule has 0 radical (unpaired) electrons. The monoisotopic (exact) mass is 790 g/mol. The molecular weight excluding hydrogens is 749 g/mol. The van der Waals surface area contributed by atoms with Gasteiger partial charge in [0.25, 0.3) is 0 Å². The molecule has 11 aromatic rings. The fourth-order valence-electron chi connectivity index (χ4n) is 9.14. The number of anilines is 3. The number of para-hydroxylation sites is 2. The molecule has 0 fully saturated rings. The lowest BCUT2D eigenvalue weighted by atomic mass is 9.92. The summed E-state index contributed by atoms with van der Waals surface area (Å²) in [5, 5.41) is 2.50. The summed E-state index contributed by atoms with van der Waals surface area (Å²) in [6, 6.07) is 92.0. The van der Waals surface area contributed by atoms with Crippen molar-refractivity contribution in [2.75, 3.05) is 4.90 Å². The van der Waals surface area contributed by atoms with Gasteiger partial charge < -0.3 is 9.47 Å². The minimum Gasteiger partial charge on any atom is -0.310 e. The Morgan fingerprint density at radius 3 is 1.26 bits per heavy atom. The molecule has 0 saturated heterocycles. The lowest BCUT2D eigenvalue weighted by molar-refractivity contribution is 1.18. The third-order valence-electron chi connectivity index (χ3n) is 12.0. The number of benzene rings is 10. The molecule has 0 amide bonds. The number of hydrogen-bond acceptors (Lipinski definition) is 1. The van der Waals surface area contributed by atoms with Crippen molar-refractivity contribution >= 4 is 38.9 Å². The minimum atomic E-state index is 1.08. The summed E-state index contributed by atoms with van der Waals surface area (Å²) in [6.07, 6.45) is 0. The molecule has 0 unspecified atom stereocenters. The molecular formula is C60H42N2. The zero-order valence-corrected chi connectivity index (χ0v) is 34.1. The Bertz CT molecular complexity index is 3260. The van der Waals surface area contributed by atoms with Crippen molar-refractivity contribution < 1.29 is 0 Å². The highest BCUT2D eigenvalue weighted by atomic mass is 15.1. The fraction of sp³-hybridized carbons (Fsp3) is 0. The first-order chi connectivity index (χ1) is 30.8. The van der Waals surface area contributed by atoms with E-state index in [-0.39, 0.29) is 0 Å². The van der Waals surface area contributed by atoms with Crippen molar-refractivity contribution in [1.29, 1.82) is 0 Å². The van der Waals surface area contributed by atoms with Gasteiger partial charge in [-0.25, -0.2) is 0 Å². The summed E-state index contributed by atoms with van der Waals surface area (Å²) in [5.41, 5.74) is 18.7. The highest BCUT2D eigenvalue weighted by molar-refractivity contribution is 6.10. The number of nitrogens with zero attached hydrogens (tertiary/aromatic N) is 2. The highest BCUT2D eigenvalue weighted by Gasteiger charge is 2.20. The van der Waals surface area contributed by atoms with Gasteiger partial charge in [-0.1, -0.05) is 200 Å². The summed E-state index contributed by atoms with van der Waals surface area (Å²) in [4.78, 5) is 2.37. The van der Waals surface area contributed by atoms with Crippen LogP contribution in [0.4, 0.5) is 17.1 Å². The first-order valence-electron chi connectivity index (χ1n) is 21.3. The van der Waals surface area contributed by atoms with Gasteiger partial charge in [0.15, 0.2) is 0 Å². The molecule has 11 rings (SSSR count). The number of aromatic nitrogens is 1. The molecule has 0 N–H and O–H groups in total. The second-order valence-corrected chi connectivity index (χ2v) is 15.7. The smallest absolute Gasteiger partial charge is 0.0546 e. The second kappa shape index (κ2) is 16.1. The van der Waals surface area contributed by atoms with Crippen LogP contribution in [0.3, 0.4) is 0 Å². The molecule has 1 heterocycles. The summed E-state index contributed by atoms with van der Waals surface area (Å²) in [7, 11) is 0. The van der Waals surface area contributed by atoms with Gasteiger partial charge in [-0.05, 0) is 105 Å². The van der Waals surface area contributed by atoms with E-state index in [9.17, 15) is 0 Å². The molecule has 292 valence electrons. The Morgan fingerprint density at radius 1 is 0.258 bits per heavy atom. The zero-order chi connectivity index (χ0) is 41.2. The Morgan fingerprint density at radius 2 is 0.677 bits per heavy atom. The SMILES string of the molecule is c1ccc(-c2cccc(N(c3ccc(-c4ccccc4-c4ccccc4)cc3)c3ccc(-c4cccc(-n5c6ccccc6c6ccccc65)c4-c4ccccc4)cc3)c2)cc1. The average Bonchev–Trinajstić information content (AvgIpc) is 3.69. The molecule has 0 bridgehead atoms. The average molecular weight is 791 g/mol. The van der Waals surface area contributed by atoms with Crippen molar-refractivity contribution in [1.82, 2.24) is 4.57 Å². The van der Waals surface area contributed by atoms with E-state index in [1.807, 2.05) is 0 Å². The van der Waals surface area contributed by atoms with Crippen LogP contribution < -0.4 is 4.90 Å². The van der Waals surface area contributed by atoms with Crippen molar-refractivity contribution in [2.24, 2.45) is 0 Å².